The highest BCUT2D eigenvalue weighted by Gasteiger charge is 2.03. The highest BCUT2D eigenvalue weighted by Crippen LogP contribution is 2.11. The highest BCUT2D eigenvalue weighted by atomic mass is 16.5. The Labute approximate surface area is 106 Å². The van der Waals surface area contributed by atoms with Gasteiger partial charge in [0.25, 0.3) is 0 Å². The van der Waals surface area contributed by atoms with Crippen LogP contribution in [0.15, 0.2) is 24.8 Å². The average molecular weight is 247 g/mol. The highest BCUT2D eigenvalue weighted by molar-refractivity contribution is 5.22. The van der Waals surface area contributed by atoms with E-state index in [1.54, 1.807) is 29.5 Å². The second kappa shape index (κ2) is 6.11. The minimum absolute atomic E-state index is 0.624. The van der Waals surface area contributed by atoms with Crippen molar-refractivity contribution in [1.29, 1.82) is 0 Å². The van der Waals surface area contributed by atoms with Gasteiger partial charge in [-0.3, -0.25) is 4.98 Å². The van der Waals surface area contributed by atoms with Gasteiger partial charge in [0.2, 0.25) is 0 Å². The van der Waals surface area contributed by atoms with Crippen LogP contribution in [0.5, 0.6) is 5.75 Å². The predicted octanol–water partition coefficient (Wildman–Crippen LogP) is 1.17. The molecule has 0 unspecified atom stereocenters. The Balaban J connectivity index is 2.07. The molecule has 96 valence electrons. The number of nitrogens with one attached hydrogen (secondary N) is 1. The molecule has 0 radical (unpaired) electrons. The van der Waals surface area contributed by atoms with E-state index in [9.17, 15) is 0 Å². The first kappa shape index (κ1) is 12.5. The molecule has 18 heavy (non-hydrogen) atoms. The third-order valence-electron chi connectivity index (χ3n) is 2.35. The largest absolute Gasteiger partial charge is 0.491 e. The van der Waals surface area contributed by atoms with Crippen molar-refractivity contribution in [2.45, 2.75) is 20.4 Å². The molecule has 6 nitrogen and oxygen atoms in total. The molecule has 0 atom stereocenters. The average Bonchev–Trinajstić information content (AvgIpc) is 2.86. The summed E-state index contributed by atoms with van der Waals surface area (Å²) < 4.78 is 6.99. The molecule has 0 saturated carbocycles. The first-order chi connectivity index (χ1) is 8.83. The van der Waals surface area contributed by atoms with Gasteiger partial charge < -0.3 is 10.1 Å². The van der Waals surface area contributed by atoms with E-state index in [2.05, 4.69) is 27.3 Å². The standard InChI is InChI=1S/C12H17N5O/c1-3-13-5-10-6-15-12(8-14-10)17-9-11(7-16-17)18-4-2/h6-9,13H,3-5H2,1-2H3. The molecule has 6 heteroatoms. The molecular weight excluding hydrogens is 230 g/mol. The molecule has 0 aliphatic heterocycles. The summed E-state index contributed by atoms with van der Waals surface area (Å²) in [5, 5.41) is 7.37. The van der Waals surface area contributed by atoms with Crippen LogP contribution in [-0.4, -0.2) is 32.9 Å². The minimum Gasteiger partial charge on any atom is -0.491 e. The first-order valence-corrected chi connectivity index (χ1v) is 6.03. The van der Waals surface area contributed by atoms with Crippen molar-refractivity contribution < 1.29 is 4.74 Å². The van der Waals surface area contributed by atoms with Gasteiger partial charge in [0, 0.05) is 6.54 Å². The van der Waals surface area contributed by atoms with Crippen LogP contribution in [0.2, 0.25) is 0 Å². The molecule has 2 heterocycles. The summed E-state index contributed by atoms with van der Waals surface area (Å²) in [5.41, 5.74) is 0.915. The lowest BCUT2D eigenvalue weighted by molar-refractivity contribution is 0.340. The zero-order valence-corrected chi connectivity index (χ0v) is 10.6. The lowest BCUT2D eigenvalue weighted by Crippen LogP contribution is -2.13. The van der Waals surface area contributed by atoms with Gasteiger partial charge in [0.15, 0.2) is 11.6 Å². The van der Waals surface area contributed by atoms with Gasteiger partial charge in [-0.15, -0.1) is 0 Å². The first-order valence-electron chi connectivity index (χ1n) is 6.03. The Morgan fingerprint density at radius 3 is 2.78 bits per heavy atom. The van der Waals surface area contributed by atoms with Gasteiger partial charge in [0.05, 0.1) is 37.1 Å². The zero-order valence-electron chi connectivity index (χ0n) is 10.6. The van der Waals surface area contributed by atoms with Crippen LogP contribution in [0.3, 0.4) is 0 Å². The maximum Gasteiger partial charge on any atom is 0.171 e. The molecule has 2 rings (SSSR count). The molecule has 1 N–H and O–H groups in total. The second-order valence-corrected chi connectivity index (χ2v) is 3.70. The number of rotatable bonds is 6. The molecule has 0 aliphatic carbocycles. The van der Waals surface area contributed by atoms with Crippen molar-refractivity contribution in [2.24, 2.45) is 0 Å². The van der Waals surface area contributed by atoms with Crippen LogP contribution in [0.1, 0.15) is 19.5 Å². The maximum absolute atomic E-state index is 5.34. The molecular formula is C12H17N5O. The normalized spacial score (nSPS) is 10.6. The topological polar surface area (TPSA) is 64.9 Å². The van der Waals surface area contributed by atoms with Gasteiger partial charge in [0.1, 0.15) is 0 Å². The van der Waals surface area contributed by atoms with Gasteiger partial charge in [-0.1, -0.05) is 6.92 Å². The molecule has 0 spiro atoms. The summed E-state index contributed by atoms with van der Waals surface area (Å²) in [4.78, 5) is 8.64. The fourth-order valence-corrected chi connectivity index (χ4v) is 1.48. The number of hydrogen-bond donors (Lipinski definition) is 1. The van der Waals surface area contributed by atoms with E-state index in [1.807, 2.05) is 6.92 Å². The van der Waals surface area contributed by atoms with Crippen molar-refractivity contribution in [3.05, 3.63) is 30.5 Å². The van der Waals surface area contributed by atoms with Gasteiger partial charge >= 0.3 is 0 Å². The third-order valence-corrected chi connectivity index (χ3v) is 2.35. The zero-order chi connectivity index (χ0) is 12.8. The van der Waals surface area contributed by atoms with Crippen LogP contribution in [0.4, 0.5) is 0 Å². The summed E-state index contributed by atoms with van der Waals surface area (Å²) in [6, 6.07) is 0. The molecule has 0 aliphatic rings. The summed E-state index contributed by atoms with van der Waals surface area (Å²) >= 11 is 0. The van der Waals surface area contributed by atoms with Crippen molar-refractivity contribution in [3.8, 4) is 11.6 Å². The Hall–Kier alpha value is -1.95. The van der Waals surface area contributed by atoms with Crippen LogP contribution in [-0.2, 0) is 6.54 Å². The van der Waals surface area contributed by atoms with E-state index >= 15 is 0 Å². The van der Waals surface area contributed by atoms with E-state index < -0.39 is 0 Å². The Morgan fingerprint density at radius 1 is 1.22 bits per heavy atom. The Bertz CT molecular complexity index is 479. The van der Waals surface area contributed by atoms with E-state index in [1.165, 1.54) is 0 Å². The molecule has 0 amide bonds. The van der Waals surface area contributed by atoms with E-state index in [0.717, 1.165) is 24.5 Å². The Morgan fingerprint density at radius 2 is 2.11 bits per heavy atom. The third kappa shape index (κ3) is 3.04. The van der Waals surface area contributed by atoms with Crippen molar-refractivity contribution in [3.63, 3.8) is 0 Å². The maximum atomic E-state index is 5.34. The second-order valence-electron chi connectivity index (χ2n) is 3.70. The van der Waals surface area contributed by atoms with Crippen LogP contribution >= 0.6 is 0 Å². The quantitative estimate of drug-likeness (QED) is 0.830. The van der Waals surface area contributed by atoms with E-state index in [0.29, 0.717) is 12.4 Å². The molecule has 0 saturated heterocycles. The van der Waals surface area contributed by atoms with Gasteiger partial charge in [-0.05, 0) is 13.5 Å². The lowest BCUT2D eigenvalue weighted by Gasteiger charge is -2.02. The minimum atomic E-state index is 0.624. The number of nitrogens with zero attached hydrogens (tertiary/aromatic N) is 4. The van der Waals surface area contributed by atoms with Crippen LogP contribution in [0, 0.1) is 0 Å². The summed E-state index contributed by atoms with van der Waals surface area (Å²) in [7, 11) is 0. The van der Waals surface area contributed by atoms with Gasteiger partial charge in [-0.25, -0.2) is 9.67 Å². The Kier molecular flexibility index (Phi) is 4.25. The fraction of sp³-hybridized carbons (Fsp3) is 0.417. The smallest absolute Gasteiger partial charge is 0.171 e. The van der Waals surface area contributed by atoms with Crippen molar-refractivity contribution in [2.75, 3.05) is 13.2 Å². The molecule has 0 aromatic carbocycles. The fourth-order valence-electron chi connectivity index (χ4n) is 1.48. The molecule has 2 aromatic rings. The lowest BCUT2D eigenvalue weighted by atomic mass is 10.4. The number of ether oxygens (including phenoxy) is 1. The van der Waals surface area contributed by atoms with Crippen LogP contribution in [0.25, 0.3) is 5.82 Å². The molecule has 2 aromatic heterocycles. The molecule has 0 bridgehead atoms. The van der Waals surface area contributed by atoms with E-state index in [-0.39, 0.29) is 0 Å². The summed E-state index contributed by atoms with van der Waals surface area (Å²) in [6.45, 7) is 6.26. The van der Waals surface area contributed by atoms with Gasteiger partial charge in [-0.2, -0.15) is 5.10 Å². The van der Waals surface area contributed by atoms with Crippen molar-refractivity contribution >= 4 is 0 Å². The predicted molar refractivity (Wildman–Crippen MR) is 67.7 cm³/mol. The van der Waals surface area contributed by atoms with Crippen LogP contribution < -0.4 is 10.1 Å². The summed E-state index contributed by atoms with van der Waals surface area (Å²) in [5.74, 6) is 1.41. The van der Waals surface area contributed by atoms with E-state index in [4.69, 9.17) is 4.74 Å². The SMILES string of the molecule is CCNCc1cnc(-n2cc(OCC)cn2)cn1. The van der Waals surface area contributed by atoms with Crippen molar-refractivity contribution in [1.82, 2.24) is 25.1 Å². The monoisotopic (exact) mass is 247 g/mol. The number of hydrogen-bond acceptors (Lipinski definition) is 5. The summed E-state index contributed by atoms with van der Waals surface area (Å²) in [6.07, 6.45) is 6.91. The number of aromatic nitrogens is 4. The molecule has 0 fully saturated rings.